The molecule has 2 amide bonds. The van der Waals surface area contributed by atoms with Crippen LogP contribution in [0.15, 0.2) is 0 Å². The minimum atomic E-state index is -0.871. The van der Waals surface area contributed by atoms with Crippen molar-refractivity contribution in [1.82, 2.24) is 10.2 Å². The maximum absolute atomic E-state index is 12.0. The highest BCUT2D eigenvalue weighted by Crippen LogP contribution is 2.18. The largest absolute Gasteiger partial charge is 0.481 e. The third kappa shape index (κ3) is 4.24. The van der Waals surface area contributed by atoms with Gasteiger partial charge in [0.15, 0.2) is 0 Å². The van der Waals surface area contributed by atoms with Gasteiger partial charge >= 0.3 is 12.0 Å². The number of rotatable bonds is 5. The zero-order valence-corrected chi connectivity index (χ0v) is 10.6. The van der Waals surface area contributed by atoms with Crippen molar-refractivity contribution in [1.29, 1.82) is 0 Å². The third-order valence-corrected chi connectivity index (χ3v) is 3.29. The van der Waals surface area contributed by atoms with E-state index in [4.69, 9.17) is 5.11 Å². The fourth-order valence-electron chi connectivity index (χ4n) is 2.35. The van der Waals surface area contributed by atoms with Gasteiger partial charge in [-0.15, -0.1) is 0 Å². The van der Waals surface area contributed by atoms with E-state index in [1.54, 1.807) is 11.8 Å². The van der Waals surface area contributed by atoms with Crippen LogP contribution >= 0.6 is 0 Å². The molecule has 0 heterocycles. The van der Waals surface area contributed by atoms with Crippen LogP contribution in [0.25, 0.3) is 0 Å². The Kier molecular flexibility index (Phi) is 5.25. The highest BCUT2D eigenvalue weighted by Gasteiger charge is 2.24. The van der Waals surface area contributed by atoms with Crippen molar-refractivity contribution in [3.05, 3.63) is 0 Å². The molecule has 0 aliphatic heterocycles. The summed E-state index contributed by atoms with van der Waals surface area (Å²) in [5.74, 6) is -0.871. The van der Waals surface area contributed by atoms with Crippen LogP contribution in [-0.4, -0.2) is 40.6 Å². The molecule has 2 N–H and O–H groups in total. The summed E-state index contributed by atoms with van der Waals surface area (Å²) in [5.41, 5.74) is 0. The summed E-state index contributed by atoms with van der Waals surface area (Å²) in [4.78, 5) is 24.2. The van der Waals surface area contributed by atoms with Gasteiger partial charge in [0, 0.05) is 18.6 Å². The zero-order valence-electron chi connectivity index (χ0n) is 10.6. The molecule has 0 saturated heterocycles. The number of carbonyl (C=O) groups is 2. The third-order valence-electron chi connectivity index (χ3n) is 3.29. The van der Waals surface area contributed by atoms with E-state index in [9.17, 15) is 9.59 Å². The molecule has 5 nitrogen and oxygen atoms in total. The zero-order chi connectivity index (χ0) is 12.8. The summed E-state index contributed by atoms with van der Waals surface area (Å²) in [6.07, 6.45) is 4.41. The average Bonchev–Trinajstić information content (AvgIpc) is 2.70. The van der Waals surface area contributed by atoms with E-state index < -0.39 is 5.97 Å². The van der Waals surface area contributed by atoms with E-state index >= 15 is 0 Å². The molecule has 17 heavy (non-hydrogen) atoms. The molecule has 1 unspecified atom stereocenters. The number of carbonyl (C=O) groups excluding carboxylic acids is 1. The predicted molar refractivity (Wildman–Crippen MR) is 64.9 cm³/mol. The molecule has 1 saturated carbocycles. The lowest BCUT2D eigenvalue weighted by Gasteiger charge is -2.28. The maximum atomic E-state index is 12.0. The highest BCUT2D eigenvalue weighted by atomic mass is 16.4. The molecule has 5 heteroatoms. The second-order valence-electron chi connectivity index (χ2n) is 4.66. The summed E-state index contributed by atoms with van der Waals surface area (Å²) in [7, 11) is 0. The molecule has 0 bridgehead atoms. The van der Waals surface area contributed by atoms with E-state index in [-0.39, 0.29) is 24.5 Å². The number of nitrogens with zero attached hydrogens (tertiary/aromatic N) is 1. The van der Waals surface area contributed by atoms with Crippen LogP contribution in [0, 0.1) is 0 Å². The van der Waals surface area contributed by atoms with Crippen LogP contribution in [-0.2, 0) is 4.79 Å². The first-order chi connectivity index (χ1) is 8.04. The van der Waals surface area contributed by atoms with Gasteiger partial charge in [-0.1, -0.05) is 12.8 Å². The Hall–Kier alpha value is -1.26. The Morgan fingerprint density at radius 1 is 1.41 bits per heavy atom. The van der Waals surface area contributed by atoms with E-state index in [2.05, 4.69) is 5.32 Å². The smallest absolute Gasteiger partial charge is 0.317 e. The molecule has 1 atom stereocenters. The van der Waals surface area contributed by atoms with Crippen LogP contribution in [0.1, 0.15) is 46.0 Å². The van der Waals surface area contributed by atoms with Gasteiger partial charge in [-0.2, -0.15) is 0 Å². The molecule has 98 valence electrons. The summed E-state index contributed by atoms with van der Waals surface area (Å²) in [6.45, 7) is 4.17. The fourth-order valence-corrected chi connectivity index (χ4v) is 2.35. The average molecular weight is 242 g/mol. The van der Waals surface area contributed by atoms with Crippen LogP contribution in [0.2, 0.25) is 0 Å². The van der Waals surface area contributed by atoms with E-state index in [1.165, 1.54) is 12.8 Å². The minimum absolute atomic E-state index is 0.00801. The Bertz CT molecular complexity index is 275. The molecular formula is C12H22N2O3. The van der Waals surface area contributed by atoms with Gasteiger partial charge in [0.1, 0.15) is 0 Å². The molecule has 1 aliphatic rings. The Morgan fingerprint density at radius 3 is 2.47 bits per heavy atom. The molecule has 1 rings (SSSR count). The van der Waals surface area contributed by atoms with E-state index in [0.717, 1.165) is 12.8 Å². The van der Waals surface area contributed by atoms with Gasteiger partial charge < -0.3 is 15.3 Å². The van der Waals surface area contributed by atoms with E-state index in [1.807, 2.05) is 6.92 Å². The molecule has 0 radical (unpaired) electrons. The van der Waals surface area contributed by atoms with Crippen molar-refractivity contribution in [2.45, 2.75) is 58.0 Å². The Balaban J connectivity index is 2.47. The van der Waals surface area contributed by atoms with E-state index in [0.29, 0.717) is 6.54 Å². The van der Waals surface area contributed by atoms with Crippen LogP contribution < -0.4 is 5.32 Å². The van der Waals surface area contributed by atoms with Crippen molar-refractivity contribution < 1.29 is 14.7 Å². The lowest BCUT2D eigenvalue weighted by molar-refractivity contribution is -0.138. The van der Waals surface area contributed by atoms with Gasteiger partial charge in [-0.25, -0.2) is 4.79 Å². The van der Waals surface area contributed by atoms with Gasteiger partial charge in [0.25, 0.3) is 0 Å². The number of hydrogen-bond donors (Lipinski definition) is 2. The van der Waals surface area contributed by atoms with Crippen molar-refractivity contribution in [2.75, 3.05) is 6.54 Å². The second kappa shape index (κ2) is 6.47. The SMILES string of the molecule is CCN(C(=O)NC1CCCC1)C(C)CC(=O)O. The lowest BCUT2D eigenvalue weighted by Crippen LogP contribution is -2.48. The Labute approximate surface area is 102 Å². The molecule has 0 aromatic heterocycles. The summed E-state index contributed by atoms with van der Waals surface area (Å²) in [6, 6.07) is -0.124. The number of aliphatic carboxylic acids is 1. The molecule has 0 aromatic rings. The molecular weight excluding hydrogens is 220 g/mol. The van der Waals surface area contributed by atoms with Gasteiger partial charge in [0.2, 0.25) is 0 Å². The van der Waals surface area contributed by atoms with Crippen molar-refractivity contribution >= 4 is 12.0 Å². The minimum Gasteiger partial charge on any atom is -0.481 e. The number of nitrogens with one attached hydrogen (secondary N) is 1. The summed E-state index contributed by atoms with van der Waals surface area (Å²) >= 11 is 0. The number of urea groups is 1. The standard InChI is InChI=1S/C12H22N2O3/c1-3-14(9(2)8-11(15)16)12(17)13-10-6-4-5-7-10/h9-10H,3-8H2,1-2H3,(H,13,17)(H,15,16). The number of amides is 2. The predicted octanol–water partition coefficient (Wildman–Crippen LogP) is 1.82. The van der Waals surface area contributed by atoms with Gasteiger partial charge in [-0.05, 0) is 26.7 Å². The first kappa shape index (κ1) is 13.8. The molecule has 1 fully saturated rings. The van der Waals surface area contributed by atoms with Gasteiger partial charge in [-0.3, -0.25) is 4.79 Å². The Morgan fingerprint density at radius 2 is 2.00 bits per heavy atom. The fraction of sp³-hybridized carbons (Fsp3) is 0.833. The topological polar surface area (TPSA) is 69.6 Å². The van der Waals surface area contributed by atoms with Crippen LogP contribution in [0.4, 0.5) is 4.79 Å². The first-order valence-corrected chi connectivity index (χ1v) is 6.33. The summed E-state index contributed by atoms with van der Waals surface area (Å²) < 4.78 is 0. The normalized spacial score (nSPS) is 17.8. The van der Waals surface area contributed by atoms with Crippen molar-refractivity contribution in [2.24, 2.45) is 0 Å². The second-order valence-corrected chi connectivity index (χ2v) is 4.66. The highest BCUT2D eigenvalue weighted by molar-refractivity contribution is 5.76. The number of carboxylic acids is 1. The molecule has 0 spiro atoms. The van der Waals surface area contributed by atoms with Gasteiger partial charge in [0.05, 0.1) is 6.42 Å². The van der Waals surface area contributed by atoms with Crippen molar-refractivity contribution in [3.63, 3.8) is 0 Å². The molecule has 0 aromatic carbocycles. The monoisotopic (exact) mass is 242 g/mol. The first-order valence-electron chi connectivity index (χ1n) is 6.33. The number of hydrogen-bond acceptors (Lipinski definition) is 2. The quantitative estimate of drug-likeness (QED) is 0.772. The van der Waals surface area contributed by atoms with Crippen LogP contribution in [0.3, 0.4) is 0 Å². The summed E-state index contributed by atoms with van der Waals surface area (Å²) in [5, 5.41) is 11.7. The number of carboxylic acid groups (broad SMARTS) is 1. The van der Waals surface area contributed by atoms with Crippen molar-refractivity contribution in [3.8, 4) is 0 Å². The molecule has 1 aliphatic carbocycles. The van der Waals surface area contributed by atoms with Crippen LogP contribution in [0.5, 0.6) is 0 Å². The lowest BCUT2D eigenvalue weighted by atomic mass is 10.2. The maximum Gasteiger partial charge on any atom is 0.317 e.